The van der Waals surface area contributed by atoms with Crippen LogP contribution in [0, 0.1) is 5.92 Å². The van der Waals surface area contributed by atoms with Crippen molar-refractivity contribution in [2.45, 2.75) is 12.5 Å². The summed E-state index contributed by atoms with van der Waals surface area (Å²) in [7, 11) is 3.87. The summed E-state index contributed by atoms with van der Waals surface area (Å²) in [6.45, 7) is 5.01. The van der Waals surface area contributed by atoms with Gasteiger partial charge in [-0.25, -0.2) is 0 Å². The van der Waals surface area contributed by atoms with E-state index in [0.29, 0.717) is 46.5 Å². The molecule has 1 heterocycles. The number of likely N-dealkylation sites (tertiary alicyclic amines) is 1. The number of rotatable bonds is 10. The summed E-state index contributed by atoms with van der Waals surface area (Å²) in [6.07, 6.45) is 2.27. The number of hydrogen-bond donors (Lipinski definition) is 0. The van der Waals surface area contributed by atoms with Gasteiger partial charge in [0, 0.05) is 12.1 Å². The third kappa shape index (κ3) is 5.64. The number of benzene rings is 2. The van der Waals surface area contributed by atoms with Gasteiger partial charge in [0.05, 0.1) is 16.1 Å². The van der Waals surface area contributed by atoms with Gasteiger partial charge in [0.15, 0.2) is 5.78 Å². The Hall–Kier alpha value is -2.67. The molecule has 33 heavy (non-hydrogen) atoms. The summed E-state index contributed by atoms with van der Waals surface area (Å²) in [5, 5.41) is 0.650. The molecule has 174 valence electrons. The Labute approximate surface area is 203 Å². The van der Waals surface area contributed by atoms with Gasteiger partial charge in [0.25, 0.3) is 5.91 Å². The fraction of sp³-hybridized carbons (Fsp3) is 0.320. The van der Waals surface area contributed by atoms with E-state index in [1.807, 2.05) is 19.0 Å². The molecule has 0 saturated carbocycles. The molecule has 2 unspecified atom stereocenters. The maximum atomic E-state index is 13.5. The van der Waals surface area contributed by atoms with Gasteiger partial charge in [0.2, 0.25) is 5.78 Å². The first-order valence-corrected chi connectivity index (χ1v) is 11.3. The van der Waals surface area contributed by atoms with Gasteiger partial charge in [0.1, 0.15) is 18.3 Å². The molecule has 8 heteroatoms. The minimum atomic E-state index is -1.17. The van der Waals surface area contributed by atoms with Gasteiger partial charge in [-0.2, -0.15) is 0 Å². The van der Waals surface area contributed by atoms with Crippen LogP contribution in [-0.2, 0) is 9.59 Å². The number of hydrogen-bond acceptors (Lipinski definition) is 5. The molecule has 1 aliphatic heterocycles. The van der Waals surface area contributed by atoms with Crippen molar-refractivity contribution in [3.63, 3.8) is 0 Å². The van der Waals surface area contributed by atoms with E-state index in [-0.39, 0.29) is 0 Å². The van der Waals surface area contributed by atoms with Crippen LogP contribution in [0.15, 0.2) is 55.1 Å². The van der Waals surface area contributed by atoms with Gasteiger partial charge in [-0.15, -0.1) is 0 Å². The second-order valence-electron chi connectivity index (χ2n) is 8.10. The molecular formula is C25H26Cl2N2O4. The Balaban J connectivity index is 1.96. The molecule has 2 aromatic rings. The monoisotopic (exact) mass is 488 g/mol. The first kappa shape index (κ1) is 25.0. The van der Waals surface area contributed by atoms with Crippen molar-refractivity contribution in [3.05, 3.63) is 76.3 Å². The van der Waals surface area contributed by atoms with Crippen molar-refractivity contribution in [2.75, 3.05) is 33.8 Å². The maximum Gasteiger partial charge on any atom is 0.291 e. The summed E-state index contributed by atoms with van der Waals surface area (Å²) in [5.41, 5.74) is 0.921. The predicted molar refractivity (Wildman–Crippen MR) is 129 cm³/mol. The molecule has 1 aliphatic rings. The maximum absolute atomic E-state index is 13.5. The highest BCUT2D eigenvalue weighted by molar-refractivity contribution is 6.44. The normalized spacial score (nSPS) is 18.2. The number of amides is 1. The van der Waals surface area contributed by atoms with Crippen LogP contribution < -0.4 is 4.74 Å². The Morgan fingerprint density at radius 3 is 2.42 bits per heavy atom. The van der Waals surface area contributed by atoms with Crippen LogP contribution >= 0.6 is 23.2 Å². The van der Waals surface area contributed by atoms with Gasteiger partial charge in [-0.3, -0.25) is 14.4 Å². The van der Waals surface area contributed by atoms with E-state index in [2.05, 4.69) is 6.58 Å². The number of carbonyl (C=O) groups excluding carboxylic acids is 3. The molecule has 3 rings (SSSR count). The van der Waals surface area contributed by atoms with E-state index < -0.39 is 29.4 Å². The van der Waals surface area contributed by atoms with E-state index in [1.54, 1.807) is 48.5 Å². The van der Waals surface area contributed by atoms with Crippen LogP contribution in [-0.4, -0.2) is 61.1 Å². The lowest BCUT2D eigenvalue weighted by molar-refractivity contribution is -0.140. The lowest BCUT2D eigenvalue weighted by Gasteiger charge is -2.28. The van der Waals surface area contributed by atoms with Crippen molar-refractivity contribution in [1.82, 2.24) is 9.80 Å². The van der Waals surface area contributed by atoms with E-state index in [9.17, 15) is 14.4 Å². The van der Waals surface area contributed by atoms with Gasteiger partial charge >= 0.3 is 0 Å². The molecule has 0 bridgehead atoms. The molecule has 0 N–H and O–H groups in total. The molecule has 1 fully saturated rings. The average Bonchev–Trinajstić information content (AvgIpc) is 3.04. The molecule has 6 nitrogen and oxygen atoms in total. The average molecular weight is 489 g/mol. The highest BCUT2D eigenvalue weighted by Crippen LogP contribution is 2.40. The minimum absolute atomic E-state index is 0.295. The van der Waals surface area contributed by atoms with Gasteiger partial charge < -0.3 is 14.5 Å². The summed E-state index contributed by atoms with van der Waals surface area (Å²) >= 11 is 12.3. The molecule has 0 aromatic heterocycles. The van der Waals surface area contributed by atoms with E-state index >= 15 is 0 Å². The van der Waals surface area contributed by atoms with Gasteiger partial charge in [-0.05, 0) is 69.0 Å². The third-order valence-electron chi connectivity index (χ3n) is 5.48. The zero-order valence-corrected chi connectivity index (χ0v) is 20.1. The highest BCUT2D eigenvalue weighted by Gasteiger charge is 2.51. The summed E-state index contributed by atoms with van der Waals surface area (Å²) in [6, 6.07) is 10.7. The third-order valence-corrected chi connectivity index (χ3v) is 6.22. The van der Waals surface area contributed by atoms with E-state index in [0.717, 1.165) is 6.54 Å². The van der Waals surface area contributed by atoms with E-state index in [1.165, 1.54) is 4.90 Å². The Morgan fingerprint density at radius 1 is 1.12 bits per heavy atom. The molecule has 0 spiro atoms. The molecule has 0 aliphatic carbocycles. The Bertz CT molecular complexity index is 1050. The number of halogens is 2. The smallest absolute Gasteiger partial charge is 0.291 e. The largest absolute Gasteiger partial charge is 0.490 e. The van der Waals surface area contributed by atoms with Crippen molar-refractivity contribution in [1.29, 1.82) is 0 Å². The van der Waals surface area contributed by atoms with Crippen LogP contribution in [0.4, 0.5) is 0 Å². The summed E-state index contributed by atoms with van der Waals surface area (Å²) in [4.78, 5) is 43.0. The van der Waals surface area contributed by atoms with Crippen molar-refractivity contribution in [2.24, 2.45) is 5.92 Å². The fourth-order valence-corrected chi connectivity index (χ4v) is 4.21. The number of ketones is 2. The second-order valence-corrected chi connectivity index (χ2v) is 8.92. The SMILES string of the molecule is C=CCOc1ccc(C(=O)C2C(=O)C(=O)N(CCCN(C)C)C2c2ccc(Cl)c(Cl)c2)cc1. The summed E-state index contributed by atoms with van der Waals surface area (Å²) < 4.78 is 5.46. The molecule has 1 amide bonds. The first-order valence-electron chi connectivity index (χ1n) is 10.6. The van der Waals surface area contributed by atoms with Crippen LogP contribution in [0.5, 0.6) is 5.75 Å². The highest BCUT2D eigenvalue weighted by atomic mass is 35.5. The van der Waals surface area contributed by atoms with Crippen molar-refractivity contribution < 1.29 is 19.1 Å². The zero-order chi connectivity index (χ0) is 24.1. The molecular weight excluding hydrogens is 463 g/mol. The number of carbonyl (C=O) groups is 3. The lowest BCUT2D eigenvalue weighted by atomic mass is 9.86. The second kappa shape index (κ2) is 11.0. The molecule has 1 saturated heterocycles. The first-order chi connectivity index (χ1) is 15.7. The Kier molecular flexibility index (Phi) is 8.30. The standard InChI is InChI=1S/C25H26Cl2N2O4/c1-4-14-33-18-9-6-16(7-10-18)23(30)21-22(17-8-11-19(26)20(27)15-17)29(25(32)24(21)31)13-5-12-28(2)3/h4,6-11,15,21-22H,1,5,12-14H2,2-3H3. The number of nitrogens with zero attached hydrogens (tertiary/aromatic N) is 2. The topological polar surface area (TPSA) is 66.9 Å². The number of Topliss-reactive ketones (excluding diaryl/α,β-unsaturated/α-hetero) is 2. The van der Waals surface area contributed by atoms with Crippen molar-refractivity contribution in [3.8, 4) is 5.75 Å². The molecule has 2 atom stereocenters. The van der Waals surface area contributed by atoms with E-state index in [4.69, 9.17) is 27.9 Å². The fourth-order valence-electron chi connectivity index (χ4n) is 3.90. The number of ether oxygens (including phenoxy) is 1. The van der Waals surface area contributed by atoms with Crippen LogP contribution in [0.3, 0.4) is 0 Å². The predicted octanol–water partition coefficient (Wildman–Crippen LogP) is 4.46. The van der Waals surface area contributed by atoms with Crippen LogP contribution in [0.2, 0.25) is 10.0 Å². The Morgan fingerprint density at radius 2 is 1.82 bits per heavy atom. The zero-order valence-electron chi connectivity index (χ0n) is 18.6. The quantitative estimate of drug-likeness (QED) is 0.213. The molecule has 0 radical (unpaired) electrons. The van der Waals surface area contributed by atoms with Crippen molar-refractivity contribution >= 4 is 40.7 Å². The molecule has 2 aromatic carbocycles. The lowest BCUT2D eigenvalue weighted by Crippen LogP contribution is -2.33. The summed E-state index contributed by atoms with van der Waals surface area (Å²) in [5.74, 6) is -2.39. The van der Waals surface area contributed by atoms with Gasteiger partial charge in [-0.1, -0.05) is 41.9 Å². The van der Waals surface area contributed by atoms with Crippen LogP contribution in [0.25, 0.3) is 0 Å². The van der Waals surface area contributed by atoms with Crippen LogP contribution in [0.1, 0.15) is 28.4 Å². The minimum Gasteiger partial charge on any atom is -0.490 e.